The number of sulfonamides is 1. The first-order valence-corrected chi connectivity index (χ1v) is 9.42. The van der Waals surface area contributed by atoms with Crippen LogP contribution in [0, 0.1) is 13.8 Å². The highest BCUT2D eigenvalue weighted by Crippen LogP contribution is 2.28. The highest BCUT2D eigenvalue weighted by atomic mass is 32.2. The summed E-state index contributed by atoms with van der Waals surface area (Å²) in [4.78, 5) is 4.19. The lowest BCUT2D eigenvalue weighted by atomic mass is 10.0. The Labute approximate surface area is 152 Å². The van der Waals surface area contributed by atoms with E-state index in [4.69, 9.17) is 4.74 Å². The van der Waals surface area contributed by atoms with Crippen LogP contribution in [0.5, 0.6) is 5.88 Å². The second kappa shape index (κ2) is 6.80. The molecule has 3 rings (SSSR count). The lowest BCUT2D eigenvalue weighted by Crippen LogP contribution is -2.18. The molecule has 0 fully saturated rings. The van der Waals surface area contributed by atoms with E-state index in [1.807, 2.05) is 25.1 Å². The molecule has 0 radical (unpaired) electrons. The van der Waals surface area contributed by atoms with Crippen LogP contribution >= 0.6 is 0 Å². The molecule has 0 unspecified atom stereocenters. The molecule has 0 spiro atoms. The molecule has 2 aromatic heterocycles. The van der Waals surface area contributed by atoms with Crippen molar-refractivity contribution in [1.82, 2.24) is 14.8 Å². The number of nitrogens with zero attached hydrogens (tertiary/aromatic N) is 3. The Hall–Kier alpha value is -2.87. The van der Waals surface area contributed by atoms with Crippen LogP contribution < -0.4 is 9.46 Å². The number of methoxy groups -OCH3 is 1. The summed E-state index contributed by atoms with van der Waals surface area (Å²) >= 11 is 0. The van der Waals surface area contributed by atoms with Crippen molar-refractivity contribution in [3.63, 3.8) is 0 Å². The summed E-state index contributed by atoms with van der Waals surface area (Å²) in [6.45, 7) is 3.57. The van der Waals surface area contributed by atoms with Gasteiger partial charge in [-0.05, 0) is 37.1 Å². The first-order chi connectivity index (χ1) is 12.3. The number of hydrogen-bond acceptors (Lipinski definition) is 5. The van der Waals surface area contributed by atoms with Gasteiger partial charge in [0.05, 0.1) is 19.0 Å². The number of rotatable bonds is 5. The van der Waals surface area contributed by atoms with E-state index in [2.05, 4.69) is 14.8 Å². The molecule has 0 atom stereocenters. The van der Waals surface area contributed by atoms with E-state index in [0.717, 1.165) is 16.7 Å². The Morgan fingerprint density at radius 2 is 1.77 bits per heavy atom. The van der Waals surface area contributed by atoms with E-state index in [1.54, 1.807) is 39.4 Å². The Kier molecular flexibility index (Phi) is 4.69. The van der Waals surface area contributed by atoms with Crippen LogP contribution in [0.2, 0.25) is 0 Å². The fraction of sp³-hybridized carbons (Fsp3) is 0.222. The number of benzene rings is 1. The van der Waals surface area contributed by atoms with E-state index in [9.17, 15) is 8.42 Å². The van der Waals surface area contributed by atoms with Crippen LogP contribution in [0.3, 0.4) is 0 Å². The second-order valence-corrected chi connectivity index (χ2v) is 7.58. The van der Waals surface area contributed by atoms with E-state index in [-0.39, 0.29) is 5.03 Å². The minimum atomic E-state index is -3.75. The third-order valence-electron chi connectivity index (χ3n) is 4.07. The topological polar surface area (TPSA) is 86.1 Å². The monoisotopic (exact) mass is 372 g/mol. The second-order valence-electron chi connectivity index (χ2n) is 5.98. The maximum atomic E-state index is 12.8. The van der Waals surface area contributed by atoms with E-state index >= 15 is 0 Å². The highest BCUT2D eigenvalue weighted by molar-refractivity contribution is 7.92. The van der Waals surface area contributed by atoms with Crippen molar-refractivity contribution in [3.05, 3.63) is 53.9 Å². The van der Waals surface area contributed by atoms with Crippen molar-refractivity contribution in [2.24, 2.45) is 7.05 Å². The first-order valence-electron chi connectivity index (χ1n) is 7.94. The van der Waals surface area contributed by atoms with Gasteiger partial charge in [-0.2, -0.15) is 13.5 Å². The standard InChI is InChI=1S/C18H20N4O3S/c1-12-5-6-14(15-7-8-17(25-4)19-11-15)9-16(12)21-26(23,24)18-13(2)10-20-22(18)3/h5-11,21H,1-4H3. The summed E-state index contributed by atoms with van der Waals surface area (Å²) in [7, 11) is -0.587. The molecule has 0 saturated carbocycles. The number of aromatic nitrogens is 3. The van der Waals surface area contributed by atoms with Crippen molar-refractivity contribution < 1.29 is 13.2 Å². The molecule has 1 aromatic carbocycles. The van der Waals surface area contributed by atoms with Crippen LogP contribution in [0.15, 0.2) is 47.8 Å². The zero-order valence-corrected chi connectivity index (χ0v) is 15.8. The summed E-state index contributed by atoms with van der Waals surface area (Å²) in [5, 5.41) is 4.15. The number of aryl methyl sites for hydroxylation is 3. The summed E-state index contributed by atoms with van der Waals surface area (Å²) < 4.78 is 34.7. The van der Waals surface area contributed by atoms with E-state index in [0.29, 0.717) is 17.1 Å². The van der Waals surface area contributed by atoms with Gasteiger partial charge in [0.25, 0.3) is 10.0 Å². The van der Waals surface area contributed by atoms with Gasteiger partial charge in [0, 0.05) is 30.4 Å². The zero-order valence-electron chi connectivity index (χ0n) is 15.0. The van der Waals surface area contributed by atoms with Crippen molar-refractivity contribution >= 4 is 15.7 Å². The van der Waals surface area contributed by atoms with Crippen molar-refractivity contribution in [3.8, 4) is 17.0 Å². The van der Waals surface area contributed by atoms with Gasteiger partial charge in [-0.15, -0.1) is 0 Å². The minimum absolute atomic E-state index is 0.147. The summed E-state index contributed by atoms with van der Waals surface area (Å²) in [6, 6.07) is 9.22. The van der Waals surface area contributed by atoms with Gasteiger partial charge < -0.3 is 4.74 Å². The third-order valence-corrected chi connectivity index (χ3v) is 5.66. The van der Waals surface area contributed by atoms with Crippen molar-refractivity contribution in [2.75, 3.05) is 11.8 Å². The lowest BCUT2D eigenvalue weighted by molar-refractivity contribution is 0.398. The average molecular weight is 372 g/mol. The first kappa shape index (κ1) is 17.9. The fourth-order valence-corrected chi connectivity index (χ4v) is 4.18. The maximum Gasteiger partial charge on any atom is 0.279 e. The van der Waals surface area contributed by atoms with Gasteiger partial charge in [0.15, 0.2) is 5.03 Å². The SMILES string of the molecule is COc1ccc(-c2ccc(C)c(NS(=O)(=O)c3c(C)cnn3C)c2)cn1. The molecule has 1 N–H and O–H groups in total. The molecular formula is C18H20N4O3S. The van der Waals surface area contributed by atoms with Crippen LogP contribution in [0.25, 0.3) is 11.1 Å². The molecule has 136 valence electrons. The Bertz CT molecular complexity index is 1020. The molecule has 0 saturated heterocycles. The van der Waals surface area contributed by atoms with Gasteiger partial charge >= 0.3 is 0 Å². The molecule has 0 aliphatic heterocycles. The van der Waals surface area contributed by atoms with Crippen LogP contribution in [0.4, 0.5) is 5.69 Å². The zero-order chi connectivity index (χ0) is 18.9. The van der Waals surface area contributed by atoms with Crippen molar-refractivity contribution in [1.29, 1.82) is 0 Å². The number of anilines is 1. The minimum Gasteiger partial charge on any atom is -0.481 e. The fourth-order valence-electron chi connectivity index (χ4n) is 2.70. The van der Waals surface area contributed by atoms with E-state index in [1.165, 1.54) is 10.9 Å². The summed E-state index contributed by atoms with van der Waals surface area (Å²) in [6.07, 6.45) is 3.22. The van der Waals surface area contributed by atoms with Gasteiger partial charge in [-0.25, -0.2) is 4.98 Å². The molecule has 2 heterocycles. The third kappa shape index (κ3) is 3.41. The maximum absolute atomic E-state index is 12.8. The van der Waals surface area contributed by atoms with Crippen molar-refractivity contribution in [2.45, 2.75) is 18.9 Å². The highest BCUT2D eigenvalue weighted by Gasteiger charge is 2.22. The summed E-state index contributed by atoms with van der Waals surface area (Å²) in [5.41, 5.74) is 3.64. The molecule has 0 bridgehead atoms. The molecular weight excluding hydrogens is 352 g/mol. The smallest absolute Gasteiger partial charge is 0.279 e. The molecule has 8 heteroatoms. The van der Waals surface area contributed by atoms with Gasteiger partial charge in [0.1, 0.15) is 0 Å². The lowest BCUT2D eigenvalue weighted by Gasteiger charge is -2.13. The number of nitrogens with one attached hydrogen (secondary N) is 1. The Balaban J connectivity index is 1.98. The molecule has 0 aliphatic rings. The molecule has 0 amide bonds. The Morgan fingerprint density at radius 1 is 1.04 bits per heavy atom. The predicted molar refractivity (Wildman–Crippen MR) is 99.7 cm³/mol. The number of ether oxygens (including phenoxy) is 1. The summed E-state index contributed by atoms with van der Waals surface area (Å²) in [5.74, 6) is 0.522. The Morgan fingerprint density at radius 3 is 2.35 bits per heavy atom. The van der Waals surface area contributed by atoms with Crippen LogP contribution in [-0.2, 0) is 17.1 Å². The number of hydrogen-bond donors (Lipinski definition) is 1. The molecule has 0 aliphatic carbocycles. The molecule has 3 aromatic rings. The predicted octanol–water partition coefficient (Wildman–Crippen LogP) is 2.91. The van der Waals surface area contributed by atoms with Gasteiger partial charge in [-0.3, -0.25) is 9.40 Å². The number of pyridine rings is 1. The quantitative estimate of drug-likeness (QED) is 0.744. The molecule has 26 heavy (non-hydrogen) atoms. The normalized spacial score (nSPS) is 11.4. The van der Waals surface area contributed by atoms with Gasteiger partial charge in [0.2, 0.25) is 5.88 Å². The van der Waals surface area contributed by atoms with Gasteiger partial charge in [-0.1, -0.05) is 12.1 Å². The van der Waals surface area contributed by atoms with E-state index < -0.39 is 10.0 Å². The van der Waals surface area contributed by atoms with Crippen LogP contribution in [0.1, 0.15) is 11.1 Å². The molecule has 7 nitrogen and oxygen atoms in total. The average Bonchev–Trinajstić information content (AvgIpc) is 2.96. The largest absolute Gasteiger partial charge is 0.481 e. The van der Waals surface area contributed by atoms with Crippen LogP contribution in [-0.4, -0.2) is 30.3 Å².